The zero-order chi connectivity index (χ0) is 19.2. The first-order valence-electron chi connectivity index (χ1n) is 8.20. The number of carbonyl (C=O) groups excluding carboxylic acids is 1. The summed E-state index contributed by atoms with van der Waals surface area (Å²) >= 11 is 3.40. The third-order valence-corrected chi connectivity index (χ3v) is 4.08. The molecule has 0 saturated carbocycles. The highest BCUT2D eigenvalue weighted by atomic mass is 79.9. The largest absolute Gasteiger partial charge is 0.484 e. The first-order chi connectivity index (χ1) is 13.0. The lowest BCUT2D eigenvalue weighted by atomic mass is 10.2. The van der Waals surface area contributed by atoms with Gasteiger partial charge in [0.1, 0.15) is 11.5 Å². The Morgan fingerprint density at radius 1 is 1.11 bits per heavy atom. The molecule has 27 heavy (non-hydrogen) atoms. The van der Waals surface area contributed by atoms with Crippen LogP contribution in [0.5, 0.6) is 11.5 Å². The monoisotopic (exact) mass is 431 g/mol. The van der Waals surface area contributed by atoms with Crippen LogP contribution < -0.4 is 14.8 Å². The fourth-order valence-electron chi connectivity index (χ4n) is 2.28. The molecule has 0 spiro atoms. The molecule has 8 heteroatoms. The molecule has 3 aromatic rings. The van der Waals surface area contributed by atoms with Gasteiger partial charge in [-0.25, -0.2) is 0 Å². The molecule has 0 bridgehead atoms. The molecular formula is C19H18BrN3O4. The van der Waals surface area contributed by atoms with E-state index in [4.69, 9.17) is 14.0 Å². The lowest BCUT2D eigenvalue weighted by molar-refractivity contribution is -0.118. The predicted octanol–water partition coefficient (Wildman–Crippen LogP) is 4.05. The zero-order valence-corrected chi connectivity index (χ0v) is 16.4. The smallest absolute Gasteiger partial charge is 0.264 e. The number of aromatic nitrogens is 2. The summed E-state index contributed by atoms with van der Waals surface area (Å²) in [6.07, 6.45) is 0. The Balaban J connectivity index is 1.47. The summed E-state index contributed by atoms with van der Waals surface area (Å²) in [7, 11) is 0. The van der Waals surface area contributed by atoms with Gasteiger partial charge >= 0.3 is 0 Å². The molecule has 3 rings (SSSR count). The molecule has 1 amide bonds. The van der Waals surface area contributed by atoms with Crippen molar-refractivity contribution in [3.05, 3.63) is 64.2 Å². The summed E-state index contributed by atoms with van der Waals surface area (Å²) in [5.74, 6) is 1.95. The van der Waals surface area contributed by atoms with Crippen LogP contribution in [0.2, 0.25) is 0 Å². The number of rotatable bonds is 7. The highest BCUT2D eigenvalue weighted by Crippen LogP contribution is 2.21. The third-order valence-electron chi connectivity index (χ3n) is 3.59. The quantitative estimate of drug-likeness (QED) is 0.607. The maximum absolute atomic E-state index is 12.1. The van der Waals surface area contributed by atoms with Crippen LogP contribution in [0.1, 0.15) is 17.3 Å². The second kappa shape index (κ2) is 8.68. The molecular weight excluding hydrogens is 414 g/mol. The Kier molecular flexibility index (Phi) is 6.08. The van der Waals surface area contributed by atoms with Crippen LogP contribution in [-0.2, 0) is 11.4 Å². The molecule has 0 radical (unpaired) electrons. The lowest BCUT2D eigenvalue weighted by Crippen LogP contribution is -2.20. The van der Waals surface area contributed by atoms with Gasteiger partial charge in [0.05, 0.1) is 0 Å². The van der Waals surface area contributed by atoms with E-state index in [0.29, 0.717) is 23.2 Å². The number of benzene rings is 2. The summed E-state index contributed by atoms with van der Waals surface area (Å²) in [4.78, 5) is 16.1. The molecule has 1 N–H and O–H groups in total. The minimum Gasteiger partial charge on any atom is -0.484 e. The van der Waals surface area contributed by atoms with E-state index in [0.717, 1.165) is 15.7 Å². The van der Waals surface area contributed by atoms with E-state index >= 15 is 0 Å². The average Bonchev–Trinajstić information content (AvgIpc) is 3.07. The second-order valence-corrected chi connectivity index (χ2v) is 6.71. The number of nitrogens with one attached hydrogen (secondary N) is 1. The van der Waals surface area contributed by atoms with Crippen molar-refractivity contribution in [3.63, 3.8) is 0 Å². The van der Waals surface area contributed by atoms with Gasteiger partial charge in [0.25, 0.3) is 11.8 Å². The minimum absolute atomic E-state index is 0.0863. The van der Waals surface area contributed by atoms with Crippen LogP contribution in [-0.4, -0.2) is 22.7 Å². The van der Waals surface area contributed by atoms with Crippen LogP contribution in [0.25, 0.3) is 0 Å². The fourth-order valence-corrected chi connectivity index (χ4v) is 2.75. The van der Waals surface area contributed by atoms with Crippen molar-refractivity contribution in [3.8, 4) is 11.5 Å². The Labute approximate surface area is 164 Å². The molecule has 7 nitrogen and oxygen atoms in total. The van der Waals surface area contributed by atoms with Gasteiger partial charge in [-0.1, -0.05) is 21.1 Å². The van der Waals surface area contributed by atoms with Crippen molar-refractivity contribution < 1.29 is 18.8 Å². The van der Waals surface area contributed by atoms with Gasteiger partial charge in [0.2, 0.25) is 0 Å². The van der Waals surface area contributed by atoms with E-state index < -0.39 is 0 Å². The number of hydrogen-bond donors (Lipinski definition) is 1. The number of nitrogens with zero attached hydrogens (tertiary/aromatic N) is 2. The van der Waals surface area contributed by atoms with Gasteiger partial charge in [-0.05, 0) is 61.9 Å². The van der Waals surface area contributed by atoms with Gasteiger partial charge in [-0.2, -0.15) is 4.98 Å². The maximum Gasteiger partial charge on any atom is 0.264 e. The molecule has 0 unspecified atom stereocenters. The normalized spacial score (nSPS) is 10.5. The molecule has 0 fully saturated rings. The number of ether oxygens (including phenoxy) is 2. The predicted molar refractivity (Wildman–Crippen MR) is 103 cm³/mol. The molecule has 140 valence electrons. The topological polar surface area (TPSA) is 86.5 Å². The van der Waals surface area contributed by atoms with Gasteiger partial charge in [-0.3, -0.25) is 4.79 Å². The van der Waals surface area contributed by atoms with Crippen LogP contribution in [0.4, 0.5) is 5.69 Å². The highest BCUT2D eigenvalue weighted by molar-refractivity contribution is 9.10. The summed E-state index contributed by atoms with van der Waals surface area (Å²) in [6, 6.07) is 12.6. The molecule has 1 heterocycles. The highest BCUT2D eigenvalue weighted by Gasteiger charge is 2.07. The number of anilines is 1. The molecule has 0 aliphatic rings. The van der Waals surface area contributed by atoms with Crippen LogP contribution >= 0.6 is 15.9 Å². The van der Waals surface area contributed by atoms with Crippen molar-refractivity contribution in [1.29, 1.82) is 0 Å². The molecule has 0 aliphatic carbocycles. The molecule has 1 aromatic heterocycles. The minimum atomic E-state index is -0.229. The van der Waals surface area contributed by atoms with Crippen molar-refractivity contribution in [2.75, 3.05) is 11.9 Å². The number of aryl methyl sites for hydroxylation is 2. The van der Waals surface area contributed by atoms with E-state index in [2.05, 4.69) is 31.4 Å². The fraction of sp³-hybridized carbons (Fsp3) is 0.211. The van der Waals surface area contributed by atoms with Crippen molar-refractivity contribution in [2.24, 2.45) is 0 Å². The Bertz CT molecular complexity index is 925. The van der Waals surface area contributed by atoms with E-state index in [1.165, 1.54) is 0 Å². The number of halogens is 1. The summed E-state index contributed by atoms with van der Waals surface area (Å²) in [6.45, 7) is 3.77. The van der Waals surface area contributed by atoms with E-state index in [9.17, 15) is 4.79 Å². The van der Waals surface area contributed by atoms with Gasteiger partial charge in [0, 0.05) is 10.2 Å². The van der Waals surface area contributed by atoms with E-state index in [-0.39, 0.29) is 19.1 Å². The Morgan fingerprint density at radius 2 is 1.81 bits per heavy atom. The molecule has 2 aromatic carbocycles. The van der Waals surface area contributed by atoms with E-state index in [1.54, 1.807) is 31.2 Å². The van der Waals surface area contributed by atoms with Gasteiger partial charge < -0.3 is 19.3 Å². The lowest BCUT2D eigenvalue weighted by Gasteiger charge is -2.10. The third kappa shape index (κ3) is 5.55. The standard InChI is InChI=1S/C19H18BrN3O4/c1-12-9-14(20)3-8-17(12)22-18(24)10-25-15-4-6-16(7-5-15)26-11-19-21-13(2)23-27-19/h3-9H,10-11H2,1-2H3,(H,22,24). The summed E-state index contributed by atoms with van der Waals surface area (Å²) in [5.41, 5.74) is 1.72. The number of carbonyl (C=O) groups is 1. The van der Waals surface area contributed by atoms with Gasteiger partial charge in [0.15, 0.2) is 19.0 Å². The molecule has 0 saturated heterocycles. The maximum atomic E-state index is 12.1. The van der Waals surface area contributed by atoms with Crippen LogP contribution in [0.15, 0.2) is 51.5 Å². The van der Waals surface area contributed by atoms with Crippen molar-refractivity contribution in [2.45, 2.75) is 20.5 Å². The second-order valence-electron chi connectivity index (χ2n) is 5.79. The number of hydrogen-bond acceptors (Lipinski definition) is 6. The molecule has 0 aliphatic heterocycles. The summed E-state index contributed by atoms with van der Waals surface area (Å²) < 4.78 is 17.0. The first kappa shape index (κ1) is 18.9. The first-order valence-corrected chi connectivity index (χ1v) is 9.00. The van der Waals surface area contributed by atoms with Gasteiger partial charge in [-0.15, -0.1) is 0 Å². The average molecular weight is 432 g/mol. The number of amides is 1. The van der Waals surface area contributed by atoms with Crippen LogP contribution in [0, 0.1) is 13.8 Å². The Hall–Kier alpha value is -2.87. The SMILES string of the molecule is Cc1noc(COc2ccc(OCC(=O)Nc3ccc(Br)cc3C)cc2)n1. The zero-order valence-electron chi connectivity index (χ0n) is 14.9. The molecule has 0 atom stereocenters. The van der Waals surface area contributed by atoms with E-state index in [1.807, 2.05) is 25.1 Å². The van der Waals surface area contributed by atoms with Crippen molar-refractivity contribution in [1.82, 2.24) is 10.1 Å². The van der Waals surface area contributed by atoms with Crippen LogP contribution in [0.3, 0.4) is 0 Å². The Morgan fingerprint density at radius 3 is 2.44 bits per heavy atom. The van der Waals surface area contributed by atoms with Crippen molar-refractivity contribution >= 4 is 27.5 Å². The summed E-state index contributed by atoms with van der Waals surface area (Å²) in [5, 5.41) is 6.52.